The highest BCUT2D eigenvalue weighted by Gasteiger charge is 2.13. The molecule has 0 aromatic heterocycles. The van der Waals surface area contributed by atoms with Crippen LogP contribution in [0.15, 0.2) is 36.9 Å². The maximum atomic E-state index is 11.7. The molecule has 3 nitrogen and oxygen atoms in total. The van der Waals surface area contributed by atoms with Gasteiger partial charge in [-0.3, -0.25) is 0 Å². The van der Waals surface area contributed by atoms with E-state index in [1.54, 1.807) is 0 Å². The highest BCUT2D eigenvalue weighted by Crippen LogP contribution is 2.14. The summed E-state index contributed by atoms with van der Waals surface area (Å²) in [5, 5.41) is 8.36. The summed E-state index contributed by atoms with van der Waals surface area (Å²) in [5.41, 5.74) is 1.44. The van der Waals surface area contributed by atoms with Crippen molar-refractivity contribution in [1.82, 2.24) is 0 Å². The average Bonchev–Trinajstić information content (AvgIpc) is 2.30. The van der Waals surface area contributed by atoms with Crippen molar-refractivity contribution in [3.63, 3.8) is 0 Å². The fourth-order valence-electron chi connectivity index (χ4n) is 1.47. The van der Waals surface area contributed by atoms with Crippen LogP contribution in [-0.4, -0.2) is 19.9 Å². The predicted octanol–water partition coefficient (Wildman–Crippen LogP) is 2.42. The lowest BCUT2D eigenvalue weighted by atomic mass is 10.1. The van der Waals surface area contributed by atoms with Crippen molar-refractivity contribution in [3.05, 3.63) is 42.5 Å². The summed E-state index contributed by atoms with van der Waals surface area (Å²) >= 11 is 0. The van der Waals surface area contributed by atoms with Gasteiger partial charge in [0.15, 0.2) is 9.84 Å². The molecule has 0 heterocycles. The summed E-state index contributed by atoms with van der Waals surface area (Å²) in [6, 6.07) is 11.2. The first-order valence-electron chi connectivity index (χ1n) is 5.36. The Labute approximate surface area is 102 Å². The van der Waals surface area contributed by atoms with E-state index in [-0.39, 0.29) is 17.9 Å². The van der Waals surface area contributed by atoms with E-state index in [2.05, 4.69) is 6.58 Å². The van der Waals surface area contributed by atoms with Crippen LogP contribution in [0.2, 0.25) is 0 Å². The van der Waals surface area contributed by atoms with Crippen LogP contribution in [0.3, 0.4) is 0 Å². The SMILES string of the molecule is C=C(CS(=O)(=O)CCCC#N)c1ccccc1. The molecule has 1 aromatic rings. The molecule has 0 saturated carbocycles. The van der Waals surface area contributed by atoms with Crippen LogP contribution in [0, 0.1) is 11.3 Å². The third-order valence-corrected chi connectivity index (χ3v) is 4.02. The van der Waals surface area contributed by atoms with Crippen LogP contribution >= 0.6 is 0 Å². The van der Waals surface area contributed by atoms with Crippen LogP contribution in [0.25, 0.3) is 5.57 Å². The summed E-state index contributed by atoms with van der Waals surface area (Å²) in [4.78, 5) is 0. The van der Waals surface area contributed by atoms with Crippen molar-refractivity contribution >= 4 is 15.4 Å². The number of nitriles is 1. The fraction of sp³-hybridized carbons (Fsp3) is 0.308. The number of benzene rings is 1. The number of nitrogens with zero attached hydrogens (tertiary/aromatic N) is 1. The minimum Gasteiger partial charge on any atom is -0.228 e. The molecule has 0 fully saturated rings. The van der Waals surface area contributed by atoms with Crippen LogP contribution in [-0.2, 0) is 9.84 Å². The molecule has 0 aliphatic carbocycles. The Bertz CT molecular complexity index is 512. The van der Waals surface area contributed by atoms with E-state index in [4.69, 9.17) is 5.26 Å². The molecule has 0 amide bonds. The molecule has 0 bridgehead atoms. The van der Waals surface area contributed by atoms with Gasteiger partial charge < -0.3 is 0 Å². The van der Waals surface area contributed by atoms with Crippen molar-refractivity contribution in [2.45, 2.75) is 12.8 Å². The van der Waals surface area contributed by atoms with Gasteiger partial charge in [-0.15, -0.1) is 0 Å². The van der Waals surface area contributed by atoms with Gasteiger partial charge in [0.25, 0.3) is 0 Å². The number of hydrogen-bond donors (Lipinski definition) is 0. The highest BCUT2D eigenvalue weighted by atomic mass is 32.2. The molecular weight excluding hydrogens is 234 g/mol. The van der Waals surface area contributed by atoms with Crippen LogP contribution < -0.4 is 0 Å². The highest BCUT2D eigenvalue weighted by molar-refractivity contribution is 7.91. The Morgan fingerprint density at radius 1 is 1.29 bits per heavy atom. The summed E-state index contributed by atoms with van der Waals surface area (Å²) in [5.74, 6) is 0.00879. The molecule has 0 aliphatic rings. The average molecular weight is 249 g/mol. The largest absolute Gasteiger partial charge is 0.228 e. The minimum atomic E-state index is -3.15. The smallest absolute Gasteiger partial charge is 0.154 e. The van der Waals surface area contributed by atoms with Gasteiger partial charge >= 0.3 is 0 Å². The maximum Gasteiger partial charge on any atom is 0.154 e. The van der Waals surface area contributed by atoms with Crippen molar-refractivity contribution in [3.8, 4) is 6.07 Å². The molecular formula is C13H15NO2S. The van der Waals surface area contributed by atoms with Crippen molar-refractivity contribution in [2.75, 3.05) is 11.5 Å². The topological polar surface area (TPSA) is 57.9 Å². The van der Waals surface area contributed by atoms with Gasteiger partial charge in [-0.2, -0.15) is 5.26 Å². The van der Waals surface area contributed by atoms with Crippen LogP contribution in [0.4, 0.5) is 0 Å². The second-order valence-corrected chi connectivity index (χ2v) is 6.01. The first kappa shape index (κ1) is 13.5. The lowest BCUT2D eigenvalue weighted by Crippen LogP contribution is -2.12. The normalized spacial score (nSPS) is 10.8. The number of rotatable bonds is 6. The van der Waals surface area contributed by atoms with Gasteiger partial charge in [0, 0.05) is 6.42 Å². The first-order chi connectivity index (χ1) is 8.05. The molecule has 90 valence electrons. The predicted molar refractivity (Wildman–Crippen MR) is 69.0 cm³/mol. The number of hydrogen-bond acceptors (Lipinski definition) is 3. The molecule has 1 aromatic carbocycles. The number of sulfone groups is 1. The van der Waals surface area contributed by atoms with Gasteiger partial charge in [-0.1, -0.05) is 36.9 Å². The second kappa shape index (κ2) is 6.21. The van der Waals surface area contributed by atoms with Gasteiger partial charge in [0.05, 0.1) is 17.6 Å². The first-order valence-corrected chi connectivity index (χ1v) is 7.18. The van der Waals surface area contributed by atoms with Gasteiger partial charge in [0.1, 0.15) is 0 Å². The van der Waals surface area contributed by atoms with Gasteiger partial charge in [-0.25, -0.2) is 8.42 Å². The lowest BCUT2D eigenvalue weighted by molar-refractivity contribution is 0.597. The van der Waals surface area contributed by atoms with E-state index in [0.29, 0.717) is 12.0 Å². The zero-order chi connectivity index (χ0) is 12.7. The maximum absolute atomic E-state index is 11.7. The Hall–Kier alpha value is -1.60. The Morgan fingerprint density at radius 2 is 1.94 bits per heavy atom. The zero-order valence-electron chi connectivity index (χ0n) is 9.59. The van der Waals surface area contributed by atoms with Crippen molar-refractivity contribution in [1.29, 1.82) is 5.26 Å². The van der Waals surface area contributed by atoms with Gasteiger partial charge in [-0.05, 0) is 17.6 Å². The van der Waals surface area contributed by atoms with E-state index in [9.17, 15) is 8.42 Å². The molecule has 0 aliphatic heterocycles. The third-order valence-electron chi connectivity index (χ3n) is 2.32. The summed E-state index contributed by atoms with van der Waals surface area (Å²) in [6.45, 7) is 3.79. The molecule has 0 unspecified atom stereocenters. The summed E-state index contributed by atoms with van der Waals surface area (Å²) in [7, 11) is -3.15. The van der Waals surface area contributed by atoms with E-state index in [0.717, 1.165) is 5.56 Å². The Kier molecular flexibility index (Phi) is 4.92. The molecule has 4 heteroatoms. The lowest BCUT2D eigenvalue weighted by Gasteiger charge is -2.06. The van der Waals surface area contributed by atoms with Crippen LogP contribution in [0.1, 0.15) is 18.4 Å². The molecule has 0 spiro atoms. The van der Waals surface area contributed by atoms with Crippen LogP contribution in [0.5, 0.6) is 0 Å². The molecule has 0 saturated heterocycles. The van der Waals surface area contributed by atoms with Gasteiger partial charge in [0.2, 0.25) is 0 Å². The zero-order valence-corrected chi connectivity index (χ0v) is 10.4. The standard InChI is InChI=1S/C13H15NO2S/c1-12(13-7-3-2-4-8-13)11-17(15,16)10-6-5-9-14/h2-4,7-8H,1,5-6,10-11H2. The molecule has 17 heavy (non-hydrogen) atoms. The van der Waals surface area contributed by atoms with Crippen molar-refractivity contribution in [2.24, 2.45) is 0 Å². The molecule has 0 atom stereocenters. The Balaban J connectivity index is 2.60. The molecule has 0 radical (unpaired) electrons. The van der Waals surface area contributed by atoms with E-state index in [1.165, 1.54) is 0 Å². The quantitative estimate of drug-likeness (QED) is 0.727. The molecule has 1 rings (SSSR count). The van der Waals surface area contributed by atoms with E-state index >= 15 is 0 Å². The monoisotopic (exact) mass is 249 g/mol. The summed E-state index contributed by atoms with van der Waals surface area (Å²) < 4.78 is 23.4. The Morgan fingerprint density at radius 3 is 2.53 bits per heavy atom. The summed E-state index contributed by atoms with van der Waals surface area (Å²) in [6.07, 6.45) is 0.665. The van der Waals surface area contributed by atoms with E-state index in [1.807, 2.05) is 36.4 Å². The number of unbranched alkanes of at least 4 members (excludes halogenated alkanes) is 1. The third kappa shape index (κ3) is 4.83. The van der Waals surface area contributed by atoms with E-state index < -0.39 is 9.84 Å². The van der Waals surface area contributed by atoms with Crippen molar-refractivity contribution < 1.29 is 8.42 Å². The minimum absolute atomic E-state index is 0.0392. The molecule has 0 N–H and O–H groups in total. The fourth-order valence-corrected chi connectivity index (χ4v) is 2.89. The second-order valence-electron chi connectivity index (χ2n) is 3.82.